The van der Waals surface area contributed by atoms with E-state index in [4.69, 9.17) is 0 Å². The fraction of sp³-hybridized carbons (Fsp3) is 0. The van der Waals surface area contributed by atoms with E-state index in [0.29, 0.717) is 27.5 Å². The van der Waals surface area contributed by atoms with Gasteiger partial charge in [-0.3, -0.25) is 9.59 Å². The molecule has 0 bridgehead atoms. The lowest BCUT2D eigenvalue weighted by Crippen LogP contribution is -2.21. The van der Waals surface area contributed by atoms with Crippen LogP contribution in [0.4, 0.5) is 0 Å². The maximum absolute atomic E-state index is 12.7. The third-order valence-corrected chi connectivity index (χ3v) is 3.91. The highest BCUT2D eigenvalue weighted by Gasteiger charge is 2.31. The maximum atomic E-state index is 12.7. The quantitative estimate of drug-likeness (QED) is 0.535. The molecule has 0 aliphatic heterocycles. The number of aromatic hydroxyl groups is 1. The molecule has 3 aromatic carbocycles. The van der Waals surface area contributed by atoms with Crippen molar-refractivity contribution in [1.82, 2.24) is 0 Å². The number of ketones is 2. The molecule has 21 heavy (non-hydrogen) atoms. The SMILES string of the molecule is O=C1c2ccccc2C(=O)c2c1cc(O)c1ccccc21. The van der Waals surface area contributed by atoms with Gasteiger partial charge in [-0.2, -0.15) is 0 Å². The van der Waals surface area contributed by atoms with Crippen molar-refractivity contribution in [3.05, 3.63) is 76.9 Å². The second kappa shape index (κ2) is 4.03. The lowest BCUT2D eigenvalue weighted by Gasteiger charge is -2.19. The summed E-state index contributed by atoms with van der Waals surface area (Å²) in [7, 11) is 0. The van der Waals surface area contributed by atoms with Gasteiger partial charge in [-0.15, -0.1) is 0 Å². The zero-order valence-corrected chi connectivity index (χ0v) is 11.0. The number of rotatable bonds is 0. The van der Waals surface area contributed by atoms with Gasteiger partial charge in [0.25, 0.3) is 0 Å². The van der Waals surface area contributed by atoms with Crippen molar-refractivity contribution in [1.29, 1.82) is 0 Å². The molecule has 0 heterocycles. The standard InChI is InChI=1S/C18H10O3/c19-15-9-14-16(11-6-2-1-5-10(11)15)18(21)13-8-4-3-7-12(13)17(14)20/h1-9,19H. The van der Waals surface area contributed by atoms with Crippen molar-refractivity contribution in [2.45, 2.75) is 0 Å². The minimum atomic E-state index is -0.221. The molecule has 0 amide bonds. The van der Waals surface area contributed by atoms with Crippen LogP contribution >= 0.6 is 0 Å². The highest BCUT2D eigenvalue weighted by Crippen LogP contribution is 2.36. The Morgan fingerprint density at radius 3 is 1.95 bits per heavy atom. The molecule has 0 saturated heterocycles. The smallest absolute Gasteiger partial charge is 0.195 e. The Morgan fingerprint density at radius 2 is 1.24 bits per heavy atom. The normalized spacial score (nSPS) is 13.1. The first-order valence-electron chi connectivity index (χ1n) is 6.61. The Morgan fingerprint density at radius 1 is 0.667 bits per heavy atom. The van der Waals surface area contributed by atoms with Crippen LogP contribution in [0.3, 0.4) is 0 Å². The fourth-order valence-corrected chi connectivity index (χ4v) is 2.94. The topological polar surface area (TPSA) is 54.4 Å². The summed E-state index contributed by atoms with van der Waals surface area (Å²) in [6.07, 6.45) is 0. The number of hydrogen-bond donors (Lipinski definition) is 1. The van der Waals surface area contributed by atoms with Crippen molar-refractivity contribution in [2.24, 2.45) is 0 Å². The van der Waals surface area contributed by atoms with E-state index in [9.17, 15) is 14.7 Å². The van der Waals surface area contributed by atoms with Gasteiger partial charge >= 0.3 is 0 Å². The van der Waals surface area contributed by atoms with Crippen molar-refractivity contribution in [3.63, 3.8) is 0 Å². The Balaban J connectivity index is 2.17. The summed E-state index contributed by atoms with van der Waals surface area (Å²) in [5.74, 6) is -0.373. The van der Waals surface area contributed by atoms with Crippen LogP contribution in [0, 0.1) is 0 Å². The van der Waals surface area contributed by atoms with Gasteiger partial charge in [0.15, 0.2) is 11.6 Å². The van der Waals surface area contributed by atoms with Crippen LogP contribution in [0.15, 0.2) is 54.6 Å². The van der Waals surface area contributed by atoms with E-state index in [0.717, 1.165) is 0 Å². The molecule has 0 atom stereocenters. The molecule has 1 aliphatic rings. The summed E-state index contributed by atoms with van der Waals surface area (Å²) in [6, 6.07) is 15.3. The molecule has 0 aromatic heterocycles. The summed E-state index contributed by atoms with van der Waals surface area (Å²) in [6.45, 7) is 0. The van der Waals surface area contributed by atoms with Gasteiger partial charge in [-0.1, -0.05) is 48.5 Å². The van der Waals surface area contributed by atoms with Crippen LogP contribution in [0.25, 0.3) is 10.8 Å². The average molecular weight is 274 g/mol. The first-order valence-corrected chi connectivity index (χ1v) is 6.61. The number of carbonyl (C=O) groups excluding carboxylic acids is 2. The summed E-state index contributed by atoms with van der Waals surface area (Å²) in [5, 5.41) is 11.3. The molecule has 1 N–H and O–H groups in total. The van der Waals surface area contributed by atoms with Crippen LogP contribution in [0.2, 0.25) is 0 Å². The van der Waals surface area contributed by atoms with Crippen LogP contribution in [0.5, 0.6) is 5.75 Å². The number of fused-ring (bicyclic) bond motifs is 4. The summed E-state index contributed by atoms with van der Waals surface area (Å²) < 4.78 is 0. The van der Waals surface area contributed by atoms with E-state index in [1.54, 1.807) is 48.5 Å². The minimum absolute atomic E-state index is 0.0184. The fourth-order valence-electron chi connectivity index (χ4n) is 2.94. The van der Waals surface area contributed by atoms with Gasteiger partial charge in [0.2, 0.25) is 0 Å². The van der Waals surface area contributed by atoms with Gasteiger partial charge in [-0.05, 0) is 11.5 Å². The molecule has 0 fully saturated rings. The van der Waals surface area contributed by atoms with Gasteiger partial charge in [0.1, 0.15) is 5.75 Å². The van der Waals surface area contributed by atoms with Gasteiger partial charge in [0, 0.05) is 27.6 Å². The third kappa shape index (κ3) is 1.48. The van der Waals surface area contributed by atoms with E-state index in [2.05, 4.69) is 0 Å². The van der Waals surface area contributed by atoms with Crippen LogP contribution in [-0.2, 0) is 0 Å². The van der Waals surface area contributed by atoms with Crippen molar-refractivity contribution >= 4 is 22.3 Å². The van der Waals surface area contributed by atoms with E-state index >= 15 is 0 Å². The Hall–Kier alpha value is -2.94. The van der Waals surface area contributed by atoms with Crippen LogP contribution in [-0.4, -0.2) is 16.7 Å². The largest absolute Gasteiger partial charge is 0.507 e. The highest BCUT2D eigenvalue weighted by molar-refractivity contribution is 6.32. The van der Waals surface area contributed by atoms with Gasteiger partial charge in [0.05, 0.1) is 0 Å². The van der Waals surface area contributed by atoms with Crippen LogP contribution in [0.1, 0.15) is 31.8 Å². The molecule has 4 rings (SSSR count). The minimum Gasteiger partial charge on any atom is -0.507 e. The molecule has 3 heteroatoms. The van der Waals surface area contributed by atoms with Gasteiger partial charge < -0.3 is 5.11 Å². The third-order valence-electron chi connectivity index (χ3n) is 3.91. The lowest BCUT2D eigenvalue weighted by molar-refractivity contribution is 0.0980. The lowest BCUT2D eigenvalue weighted by atomic mass is 9.81. The number of benzene rings is 3. The first kappa shape index (κ1) is 11.9. The molecular weight excluding hydrogens is 264 g/mol. The van der Waals surface area contributed by atoms with E-state index in [-0.39, 0.29) is 22.9 Å². The molecule has 3 nitrogen and oxygen atoms in total. The Kier molecular flexibility index (Phi) is 2.27. The Labute approximate surface area is 120 Å². The zero-order valence-electron chi connectivity index (χ0n) is 11.0. The highest BCUT2D eigenvalue weighted by atomic mass is 16.3. The first-order chi connectivity index (χ1) is 10.2. The van der Waals surface area contributed by atoms with E-state index in [1.807, 2.05) is 0 Å². The maximum Gasteiger partial charge on any atom is 0.195 e. The monoisotopic (exact) mass is 274 g/mol. The second-order valence-corrected chi connectivity index (χ2v) is 5.07. The number of hydrogen-bond acceptors (Lipinski definition) is 3. The van der Waals surface area contributed by atoms with Crippen molar-refractivity contribution in [3.8, 4) is 5.75 Å². The van der Waals surface area contributed by atoms with Crippen molar-refractivity contribution < 1.29 is 14.7 Å². The summed E-state index contributed by atoms with van der Waals surface area (Å²) in [5.41, 5.74) is 1.47. The molecule has 0 unspecified atom stereocenters. The second-order valence-electron chi connectivity index (χ2n) is 5.07. The number of phenolic OH excluding ortho intramolecular Hbond substituents is 1. The average Bonchev–Trinajstić information content (AvgIpc) is 2.53. The predicted molar refractivity (Wildman–Crippen MR) is 78.9 cm³/mol. The zero-order chi connectivity index (χ0) is 14.6. The molecule has 0 saturated carbocycles. The molecule has 0 radical (unpaired) electrons. The molecule has 3 aromatic rings. The Bertz CT molecular complexity index is 938. The number of phenols is 1. The predicted octanol–water partition coefficient (Wildman–Crippen LogP) is 3.32. The van der Waals surface area contributed by atoms with Gasteiger partial charge in [-0.25, -0.2) is 0 Å². The summed E-state index contributed by atoms with van der Waals surface area (Å²) in [4.78, 5) is 25.3. The number of carbonyl (C=O) groups is 2. The molecular formula is C18H10O3. The van der Waals surface area contributed by atoms with Crippen LogP contribution < -0.4 is 0 Å². The molecule has 1 aliphatic carbocycles. The van der Waals surface area contributed by atoms with Crippen molar-refractivity contribution in [2.75, 3.05) is 0 Å². The van der Waals surface area contributed by atoms with E-state index in [1.165, 1.54) is 6.07 Å². The summed E-state index contributed by atoms with van der Waals surface area (Å²) >= 11 is 0. The van der Waals surface area contributed by atoms with E-state index < -0.39 is 0 Å². The molecule has 0 spiro atoms. The molecule has 100 valence electrons.